The smallest absolute Gasteiger partial charge is 0.305 e. The van der Waals surface area contributed by atoms with Crippen molar-refractivity contribution in [3.8, 4) is 5.75 Å². The molecule has 0 atom stereocenters. The first-order valence-corrected chi connectivity index (χ1v) is 10.4. The normalized spacial score (nSPS) is 10.2. The average molecular weight is 460 g/mol. The van der Waals surface area contributed by atoms with Crippen molar-refractivity contribution in [3.05, 3.63) is 64.2 Å². The van der Waals surface area contributed by atoms with E-state index in [1.165, 1.54) is 30.9 Å². The molecule has 2 aromatic rings. The molecular formula is C22H25N3O6S. The van der Waals surface area contributed by atoms with Crippen LogP contribution in [-0.2, 0) is 20.7 Å². The van der Waals surface area contributed by atoms with Crippen LogP contribution in [-0.4, -0.2) is 35.6 Å². The van der Waals surface area contributed by atoms with E-state index in [1.807, 2.05) is 30.3 Å². The molecule has 170 valence electrons. The van der Waals surface area contributed by atoms with E-state index in [9.17, 15) is 19.7 Å². The summed E-state index contributed by atoms with van der Waals surface area (Å²) < 4.78 is 10.3. The van der Waals surface area contributed by atoms with Crippen LogP contribution in [0.1, 0.15) is 31.2 Å². The highest BCUT2D eigenvalue weighted by atomic mass is 32.1. The van der Waals surface area contributed by atoms with Crippen LogP contribution in [0.25, 0.3) is 0 Å². The van der Waals surface area contributed by atoms with Gasteiger partial charge in [-0.05, 0) is 43.1 Å². The first-order chi connectivity index (χ1) is 15.4. The van der Waals surface area contributed by atoms with Crippen molar-refractivity contribution in [3.63, 3.8) is 0 Å². The van der Waals surface area contributed by atoms with Crippen LogP contribution in [0, 0.1) is 10.1 Å². The van der Waals surface area contributed by atoms with E-state index < -0.39 is 4.92 Å². The number of hydrogen-bond donors (Lipinski definition) is 2. The lowest BCUT2D eigenvalue weighted by Gasteiger charge is -2.12. The second-order valence-corrected chi connectivity index (χ2v) is 7.22. The summed E-state index contributed by atoms with van der Waals surface area (Å²) in [7, 11) is 1.41. The molecule has 9 nitrogen and oxygen atoms in total. The number of aryl methyl sites for hydroxylation is 1. The Labute approximate surface area is 191 Å². The number of nitrogens with zero attached hydrogens (tertiary/aromatic N) is 1. The van der Waals surface area contributed by atoms with Gasteiger partial charge >= 0.3 is 5.97 Å². The summed E-state index contributed by atoms with van der Waals surface area (Å²) in [6.07, 6.45) is 2.07. The molecule has 0 saturated heterocycles. The molecule has 0 aromatic heterocycles. The third-order valence-corrected chi connectivity index (χ3v) is 4.60. The van der Waals surface area contributed by atoms with Crippen LogP contribution < -0.4 is 15.4 Å². The van der Waals surface area contributed by atoms with Crippen LogP contribution in [0.4, 0.5) is 11.4 Å². The zero-order chi connectivity index (χ0) is 23.3. The summed E-state index contributed by atoms with van der Waals surface area (Å²) in [5, 5.41) is 16.1. The molecule has 2 rings (SSSR count). The number of thiocarbonyl (C=S) groups is 1. The number of rotatable bonds is 11. The lowest BCUT2D eigenvalue weighted by molar-refractivity contribution is -0.384. The number of amides is 1. The average Bonchev–Trinajstić information content (AvgIpc) is 2.77. The minimum atomic E-state index is -0.549. The van der Waals surface area contributed by atoms with Crippen molar-refractivity contribution in [1.29, 1.82) is 0 Å². The number of methoxy groups -OCH3 is 1. The topological polar surface area (TPSA) is 120 Å². The number of benzene rings is 2. The Morgan fingerprint density at radius 2 is 1.84 bits per heavy atom. The molecule has 0 radical (unpaired) electrons. The lowest BCUT2D eigenvalue weighted by atomic mass is 10.1. The molecule has 0 aliphatic rings. The predicted octanol–water partition coefficient (Wildman–Crippen LogP) is 3.76. The molecule has 0 fully saturated rings. The summed E-state index contributed by atoms with van der Waals surface area (Å²) in [5.41, 5.74) is 1.29. The van der Waals surface area contributed by atoms with Crippen LogP contribution in [0.5, 0.6) is 5.75 Å². The van der Waals surface area contributed by atoms with Gasteiger partial charge < -0.3 is 20.1 Å². The molecule has 32 heavy (non-hydrogen) atoms. The number of non-ortho nitro benzene ring substituents is 1. The molecule has 0 bridgehead atoms. The van der Waals surface area contributed by atoms with Gasteiger partial charge in [-0.25, -0.2) is 0 Å². The molecular weight excluding hydrogens is 434 g/mol. The zero-order valence-electron chi connectivity index (χ0n) is 17.7. The molecule has 0 aliphatic carbocycles. The van der Waals surface area contributed by atoms with E-state index >= 15 is 0 Å². The summed E-state index contributed by atoms with van der Waals surface area (Å²) in [6, 6.07) is 13.9. The molecule has 2 aromatic carbocycles. The monoisotopic (exact) mass is 459 g/mol. The Morgan fingerprint density at radius 3 is 2.53 bits per heavy atom. The summed E-state index contributed by atoms with van der Waals surface area (Å²) >= 11 is 5.08. The zero-order valence-corrected chi connectivity index (χ0v) is 18.5. The van der Waals surface area contributed by atoms with Crippen molar-refractivity contribution in [2.75, 3.05) is 19.0 Å². The fourth-order valence-electron chi connectivity index (χ4n) is 2.82. The predicted molar refractivity (Wildman–Crippen MR) is 124 cm³/mol. The Hall–Kier alpha value is -3.53. The molecule has 0 saturated carbocycles. The SMILES string of the molecule is COc1ccc([N+](=O)[O-])cc1NC(=S)NC(=O)CCCC(=O)OCCCc1ccccc1. The summed E-state index contributed by atoms with van der Waals surface area (Å²) in [4.78, 5) is 34.2. The first kappa shape index (κ1) is 24.7. The van der Waals surface area contributed by atoms with Crippen molar-refractivity contribution < 1.29 is 24.0 Å². The second-order valence-electron chi connectivity index (χ2n) is 6.81. The number of carbonyl (C=O) groups is 2. The molecule has 2 N–H and O–H groups in total. The van der Waals surface area contributed by atoms with Crippen LogP contribution in [0.15, 0.2) is 48.5 Å². The summed E-state index contributed by atoms with van der Waals surface area (Å²) in [6.45, 7) is 0.332. The fraction of sp³-hybridized carbons (Fsp3) is 0.318. The highest BCUT2D eigenvalue weighted by Crippen LogP contribution is 2.28. The van der Waals surface area contributed by atoms with E-state index in [-0.39, 0.29) is 41.2 Å². The fourth-order valence-corrected chi connectivity index (χ4v) is 3.05. The van der Waals surface area contributed by atoms with Gasteiger partial charge in [0, 0.05) is 25.0 Å². The van der Waals surface area contributed by atoms with Crippen molar-refractivity contribution >= 4 is 40.6 Å². The molecule has 1 amide bonds. The van der Waals surface area contributed by atoms with Gasteiger partial charge in [0.1, 0.15) is 5.75 Å². The first-order valence-electron chi connectivity index (χ1n) is 10.0. The van der Waals surface area contributed by atoms with Gasteiger partial charge in [0.05, 0.1) is 24.3 Å². The van der Waals surface area contributed by atoms with Crippen LogP contribution >= 0.6 is 12.2 Å². The minimum Gasteiger partial charge on any atom is -0.495 e. The maximum atomic E-state index is 12.0. The van der Waals surface area contributed by atoms with Crippen LogP contribution in [0.3, 0.4) is 0 Å². The van der Waals surface area contributed by atoms with Gasteiger partial charge in [-0.1, -0.05) is 30.3 Å². The van der Waals surface area contributed by atoms with E-state index in [0.29, 0.717) is 18.8 Å². The molecule has 0 spiro atoms. The quantitative estimate of drug-likeness (QED) is 0.171. The highest BCUT2D eigenvalue weighted by molar-refractivity contribution is 7.80. The van der Waals surface area contributed by atoms with Gasteiger partial charge in [0.25, 0.3) is 5.69 Å². The maximum absolute atomic E-state index is 12.0. The van der Waals surface area contributed by atoms with E-state index in [0.717, 1.165) is 12.8 Å². The van der Waals surface area contributed by atoms with Gasteiger partial charge in [-0.15, -0.1) is 0 Å². The number of ether oxygens (including phenoxy) is 2. The van der Waals surface area contributed by atoms with Gasteiger partial charge in [0.2, 0.25) is 5.91 Å². The van der Waals surface area contributed by atoms with E-state index in [1.54, 1.807) is 0 Å². The van der Waals surface area contributed by atoms with Gasteiger partial charge in [-0.2, -0.15) is 0 Å². The Morgan fingerprint density at radius 1 is 1.09 bits per heavy atom. The Balaban J connectivity index is 1.66. The Kier molecular flexibility index (Phi) is 10.1. The van der Waals surface area contributed by atoms with Crippen molar-refractivity contribution in [2.24, 2.45) is 0 Å². The van der Waals surface area contributed by atoms with Gasteiger partial charge in [-0.3, -0.25) is 19.7 Å². The molecule has 10 heteroatoms. The highest BCUT2D eigenvalue weighted by Gasteiger charge is 2.14. The maximum Gasteiger partial charge on any atom is 0.305 e. The Bertz CT molecular complexity index is 952. The van der Waals surface area contributed by atoms with Crippen molar-refractivity contribution in [1.82, 2.24) is 5.32 Å². The van der Waals surface area contributed by atoms with Gasteiger partial charge in [0.15, 0.2) is 5.11 Å². The number of anilines is 1. The largest absolute Gasteiger partial charge is 0.495 e. The standard InChI is InChI=1S/C22H25N3O6S/c1-30-19-13-12-17(25(28)29)15-18(19)23-22(32)24-20(26)10-5-11-21(27)31-14-6-9-16-7-3-2-4-8-16/h2-4,7-8,12-13,15H,5-6,9-11,14H2,1H3,(H2,23,24,26,32). The number of hydrogen-bond acceptors (Lipinski definition) is 7. The number of nitrogens with one attached hydrogen (secondary N) is 2. The molecule has 0 unspecified atom stereocenters. The minimum absolute atomic E-state index is 0.0303. The van der Waals surface area contributed by atoms with Crippen LogP contribution in [0.2, 0.25) is 0 Å². The van der Waals surface area contributed by atoms with E-state index in [4.69, 9.17) is 21.7 Å². The third kappa shape index (κ3) is 8.68. The van der Waals surface area contributed by atoms with Crippen molar-refractivity contribution in [2.45, 2.75) is 32.1 Å². The lowest BCUT2D eigenvalue weighted by Crippen LogP contribution is -2.34. The number of esters is 1. The number of nitro benzene ring substituents is 1. The molecule has 0 aliphatic heterocycles. The third-order valence-electron chi connectivity index (χ3n) is 4.40. The number of carbonyl (C=O) groups excluding carboxylic acids is 2. The number of nitro groups is 1. The van der Waals surface area contributed by atoms with E-state index in [2.05, 4.69) is 10.6 Å². The second kappa shape index (κ2) is 13.0. The summed E-state index contributed by atoms with van der Waals surface area (Å²) in [5.74, 6) is -0.404. The molecule has 0 heterocycles.